The van der Waals surface area contributed by atoms with E-state index in [0.29, 0.717) is 6.92 Å². The molecule has 0 bridgehead atoms. The molecule has 1 rings (SSSR count). The maximum Gasteiger partial charge on any atom is 0.332 e. The summed E-state index contributed by atoms with van der Waals surface area (Å²) in [6, 6.07) is 0. The van der Waals surface area contributed by atoms with Crippen molar-refractivity contribution < 1.29 is 22.0 Å². The maximum atomic E-state index is 12.6. The molecule has 0 aliphatic carbocycles. The van der Waals surface area contributed by atoms with E-state index in [-0.39, 0.29) is 0 Å². The van der Waals surface area contributed by atoms with Crippen LogP contribution in [0.4, 0.5) is 22.0 Å². The van der Waals surface area contributed by atoms with E-state index in [4.69, 9.17) is 0 Å². The molecular formula is C5H5F5S. The Labute approximate surface area is 64.1 Å². The molecule has 0 N–H and O–H groups in total. The maximum absolute atomic E-state index is 12.6. The zero-order valence-corrected chi connectivity index (χ0v) is 6.27. The Morgan fingerprint density at radius 2 is 1.64 bits per heavy atom. The van der Waals surface area contributed by atoms with E-state index >= 15 is 0 Å². The Morgan fingerprint density at radius 1 is 1.18 bits per heavy atom. The topological polar surface area (TPSA) is 0 Å². The number of hydrogen-bond donors (Lipinski definition) is 0. The quantitative estimate of drug-likeness (QED) is 0.532. The Balaban J connectivity index is 2.92. The molecule has 3 atom stereocenters. The van der Waals surface area contributed by atoms with Gasteiger partial charge in [0.25, 0.3) is 0 Å². The highest BCUT2D eigenvalue weighted by molar-refractivity contribution is 8.01. The van der Waals surface area contributed by atoms with Crippen molar-refractivity contribution in [2.75, 3.05) is 0 Å². The lowest BCUT2D eigenvalue weighted by Gasteiger charge is -2.21. The number of halogens is 5. The molecule has 0 radical (unpaired) electrons. The van der Waals surface area contributed by atoms with Gasteiger partial charge in [0.2, 0.25) is 5.67 Å². The number of alkyl halides is 5. The molecule has 0 saturated carbocycles. The second-order valence-corrected chi connectivity index (χ2v) is 3.66. The Kier molecular flexibility index (Phi) is 1.85. The van der Waals surface area contributed by atoms with Crippen LogP contribution >= 0.6 is 11.8 Å². The van der Waals surface area contributed by atoms with Gasteiger partial charge in [0.15, 0.2) is 11.7 Å². The minimum Gasteiger partial charge on any atom is -0.239 e. The third-order valence-corrected chi connectivity index (χ3v) is 2.74. The van der Waals surface area contributed by atoms with Gasteiger partial charge in [-0.25, -0.2) is 13.2 Å². The molecule has 0 spiro atoms. The van der Waals surface area contributed by atoms with Crippen molar-refractivity contribution in [3.63, 3.8) is 0 Å². The summed E-state index contributed by atoms with van der Waals surface area (Å²) in [5.74, 6) is 0. The number of rotatable bonds is 0. The molecule has 6 heteroatoms. The van der Waals surface area contributed by atoms with Crippen LogP contribution in [0.5, 0.6) is 0 Å². The van der Waals surface area contributed by atoms with E-state index in [1.807, 2.05) is 0 Å². The predicted octanol–water partition coefficient (Wildman–Crippen LogP) is 2.69. The van der Waals surface area contributed by atoms with Crippen LogP contribution in [0.1, 0.15) is 6.92 Å². The Bertz CT molecular complexity index is 168. The highest BCUT2D eigenvalue weighted by atomic mass is 32.2. The lowest BCUT2D eigenvalue weighted by atomic mass is 10.1. The fourth-order valence-electron chi connectivity index (χ4n) is 0.723. The summed E-state index contributed by atoms with van der Waals surface area (Å²) in [5, 5.41) is -3.97. The lowest BCUT2D eigenvalue weighted by Crippen LogP contribution is -2.41. The van der Waals surface area contributed by atoms with Gasteiger partial charge >= 0.3 is 5.25 Å². The van der Waals surface area contributed by atoms with Crippen LogP contribution in [-0.4, -0.2) is 22.6 Å². The van der Waals surface area contributed by atoms with Crippen LogP contribution in [0.15, 0.2) is 0 Å². The van der Waals surface area contributed by atoms with Crippen molar-refractivity contribution in [3.8, 4) is 0 Å². The fourth-order valence-corrected chi connectivity index (χ4v) is 1.72. The summed E-state index contributed by atoms with van der Waals surface area (Å²) in [4.78, 5) is 0. The van der Waals surface area contributed by atoms with E-state index in [1.54, 1.807) is 0 Å². The van der Waals surface area contributed by atoms with Crippen LogP contribution in [-0.2, 0) is 0 Å². The first-order chi connectivity index (χ1) is 4.79. The van der Waals surface area contributed by atoms with E-state index in [9.17, 15) is 22.0 Å². The first-order valence-corrected chi connectivity index (χ1v) is 3.69. The van der Waals surface area contributed by atoms with E-state index in [0.717, 1.165) is 0 Å². The van der Waals surface area contributed by atoms with Crippen molar-refractivity contribution in [2.24, 2.45) is 0 Å². The molecule has 0 aromatic heterocycles. The second-order valence-electron chi connectivity index (χ2n) is 2.46. The van der Waals surface area contributed by atoms with Gasteiger partial charge in [0.05, 0.1) is 0 Å². The molecule has 1 aliphatic heterocycles. The van der Waals surface area contributed by atoms with Gasteiger partial charge in [0, 0.05) is 0 Å². The monoisotopic (exact) mass is 192 g/mol. The lowest BCUT2D eigenvalue weighted by molar-refractivity contribution is -0.0864. The summed E-state index contributed by atoms with van der Waals surface area (Å²) in [6.07, 6.45) is -2.75. The van der Waals surface area contributed by atoms with Crippen molar-refractivity contribution in [3.05, 3.63) is 0 Å². The van der Waals surface area contributed by atoms with Crippen molar-refractivity contribution in [1.82, 2.24) is 0 Å². The van der Waals surface area contributed by atoms with Crippen LogP contribution in [0.3, 0.4) is 0 Å². The molecule has 0 aromatic carbocycles. The van der Waals surface area contributed by atoms with E-state index in [1.165, 1.54) is 0 Å². The summed E-state index contributed by atoms with van der Waals surface area (Å²) in [5.41, 5.74) is -5.86. The predicted molar refractivity (Wildman–Crippen MR) is 31.8 cm³/mol. The van der Waals surface area contributed by atoms with Gasteiger partial charge in [-0.2, -0.15) is 8.78 Å². The average Bonchev–Trinajstić information content (AvgIpc) is 1.93. The highest BCUT2D eigenvalue weighted by Crippen LogP contribution is 2.55. The van der Waals surface area contributed by atoms with Crippen molar-refractivity contribution >= 4 is 11.8 Å². The molecule has 1 fully saturated rings. The molecule has 0 amide bonds. The number of thioether (sulfide) groups is 1. The minimum atomic E-state index is -3.97. The summed E-state index contributed by atoms with van der Waals surface area (Å²) in [6.45, 7) is 0.365. The minimum absolute atomic E-state index is 0.365. The van der Waals surface area contributed by atoms with E-state index in [2.05, 4.69) is 0 Å². The van der Waals surface area contributed by atoms with Crippen LogP contribution in [0, 0.1) is 0 Å². The SMILES string of the molecule is CC1(F)C(F)C(F)SC1(F)F. The molecule has 3 unspecified atom stereocenters. The molecular weight excluding hydrogens is 187 g/mol. The standard InChI is InChI=1S/C5H5F5S/c1-4(8)2(6)3(7)11-5(4,9)10/h2-3H,1H3. The molecule has 1 saturated heterocycles. The summed E-state index contributed by atoms with van der Waals surface area (Å²) >= 11 is -0.612. The summed E-state index contributed by atoms with van der Waals surface area (Å²) < 4.78 is 61.8. The molecule has 66 valence electrons. The zero-order chi connectivity index (χ0) is 8.86. The smallest absolute Gasteiger partial charge is 0.239 e. The van der Waals surface area contributed by atoms with Crippen LogP contribution < -0.4 is 0 Å². The van der Waals surface area contributed by atoms with Crippen LogP contribution in [0.25, 0.3) is 0 Å². The third kappa shape index (κ3) is 1.11. The first-order valence-electron chi connectivity index (χ1n) is 2.82. The molecule has 1 aliphatic rings. The molecule has 0 aromatic rings. The fraction of sp³-hybridized carbons (Fsp3) is 1.00. The van der Waals surface area contributed by atoms with Gasteiger partial charge in [0.1, 0.15) is 0 Å². The Hall–Kier alpha value is -0.0000000000000000555. The van der Waals surface area contributed by atoms with Gasteiger partial charge in [-0.1, -0.05) is 0 Å². The van der Waals surface area contributed by atoms with E-state index < -0.39 is 34.4 Å². The van der Waals surface area contributed by atoms with Crippen LogP contribution in [0.2, 0.25) is 0 Å². The normalized spacial score (nSPS) is 49.6. The van der Waals surface area contributed by atoms with Crippen molar-refractivity contribution in [2.45, 2.75) is 29.5 Å². The second kappa shape index (κ2) is 2.24. The molecule has 0 nitrogen and oxygen atoms in total. The average molecular weight is 192 g/mol. The molecule has 1 heterocycles. The van der Waals surface area contributed by atoms with Crippen molar-refractivity contribution in [1.29, 1.82) is 0 Å². The van der Waals surface area contributed by atoms with Gasteiger partial charge in [-0.15, -0.1) is 0 Å². The summed E-state index contributed by atoms with van der Waals surface area (Å²) in [7, 11) is 0. The molecule has 11 heavy (non-hydrogen) atoms. The first kappa shape index (κ1) is 9.09. The van der Waals surface area contributed by atoms with Gasteiger partial charge in [-0.05, 0) is 18.7 Å². The Morgan fingerprint density at radius 3 is 1.73 bits per heavy atom. The zero-order valence-electron chi connectivity index (χ0n) is 5.45. The van der Waals surface area contributed by atoms with Gasteiger partial charge in [-0.3, -0.25) is 0 Å². The largest absolute Gasteiger partial charge is 0.332 e. The highest BCUT2D eigenvalue weighted by Gasteiger charge is 2.67. The number of hydrogen-bond acceptors (Lipinski definition) is 1. The third-order valence-electron chi connectivity index (χ3n) is 1.58. The van der Waals surface area contributed by atoms with Gasteiger partial charge < -0.3 is 0 Å².